The molecule has 0 aliphatic carbocycles. The number of nitriles is 1. The maximum Gasteiger partial charge on any atom is 0.255 e. The maximum absolute atomic E-state index is 12.2. The van der Waals surface area contributed by atoms with Crippen molar-refractivity contribution in [1.29, 1.82) is 5.26 Å². The molecule has 0 fully saturated rings. The van der Waals surface area contributed by atoms with E-state index < -0.39 is 5.91 Å². The van der Waals surface area contributed by atoms with Gasteiger partial charge < -0.3 is 20.1 Å². The second kappa shape index (κ2) is 6.71. The van der Waals surface area contributed by atoms with Crippen LogP contribution in [0.1, 0.15) is 16.8 Å². The van der Waals surface area contributed by atoms with E-state index >= 15 is 0 Å². The van der Waals surface area contributed by atoms with Crippen molar-refractivity contribution in [1.82, 2.24) is 0 Å². The number of anilines is 2. The first-order chi connectivity index (χ1) is 11.7. The molecule has 24 heavy (non-hydrogen) atoms. The zero-order valence-corrected chi connectivity index (χ0v) is 12.5. The lowest BCUT2D eigenvalue weighted by Gasteiger charge is -2.07. The van der Waals surface area contributed by atoms with Gasteiger partial charge in [-0.15, -0.1) is 0 Å². The summed E-state index contributed by atoms with van der Waals surface area (Å²) in [5.74, 6) is 0.549. The van der Waals surface area contributed by atoms with Crippen LogP contribution < -0.4 is 20.1 Å². The lowest BCUT2D eigenvalue weighted by atomic mass is 10.2. The van der Waals surface area contributed by atoms with Crippen molar-refractivity contribution in [3.05, 3.63) is 48.0 Å². The first kappa shape index (κ1) is 15.4. The number of rotatable bonds is 4. The third-order valence-electron chi connectivity index (χ3n) is 3.30. The van der Waals surface area contributed by atoms with Crippen LogP contribution in [0.4, 0.5) is 11.4 Å². The fourth-order valence-electron chi connectivity index (χ4n) is 2.16. The van der Waals surface area contributed by atoms with Crippen LogP contribution in [0.15, 0.2) is 42.5 Å². The van der Waals surface area contributed by atoms with Gasteiger partial charge in [0, 0.05) is 23.0 Å². The van der Waals surface area contributed by atoms with Gasteiger partial charge in [0.2, 0.25) is 12.7 Å². The van der Waals surface area contributed by atoms with Crippen LogP contribution in [0.2, 0.25) is 0 Å². The summed E-state index contributed by atoms with van der Waals surface area (Å²) in [6, 6.07) is 13.3. The third kappa shape index (κ3) is 3.44. The molecule has 2 N–H and O–H groups in total. The van der Waals surface area contributed by atoms with E-state index in [9.17, 15) is 9.59 Å². The number of carbonyl (C=O) groups excluding carboxylic acids is 2. The Kier molecular flexibility index (Phi) is 4.29. The van der Waals surface area contributed by atoms with Crippen LogP contribution >= 0.6 is 0 Å². The van der Waals surface area contributed by atoms with Gasteiger partial charge in [0.05, 0.1) is 6.07 Å². The van der Waals surface area contributed by atoms with E-state index in [2.05, 4.69) is 10.6 Å². The number of nitrogens with one attached hydrogen (secondary N) is 2. The molecule has 7 nitrogen and oxygen atoms in total. The summed E-state index contributed by atoms with van der Waals surface area (Å²) in [5.41, 5.74) is 1.55. The molecular formula is C17H13N3O4. The number of hydrogen-bond donors (Lipinski definition) is 2. The average Bonchev–Trinajstić information content (AvgIpc) is 3.03. The lowest BCUT2D eigenvalue weighted by Crippen LogP contribution is -2.13. The molecule has 1 heterocycles. The van der Waals surface area contributed by atoms with Crippen LogP contribution in [0.5, 0.6) is 11.5 Å². The van der Waals surface area contributed by atoms with Gasteiger partial charge in [-0.3, -0.25) is 9.59 Å². The average molecular weight is 323 g/mol. The summed E-state index contributed by atoms with van der Waals surface area (Å²) in [7, 11) is 0. The Labute approximate surface area is 137 Å². The monoisotopic (exact) mass is 323 g/mol. The minimum absolute atomic E-state index is 0.172. The Morgan fingerprint density at radius 2 is 1.71 bits per heavy atom. The van der Waals surface area contributed by atoms with Gasteiger partial charge in [0.15, 0.2) is 11.5 Å². The van der Waals surface area contributed by atoms with E-state index in [1.54, 1.807) is 48.5 Å². The molecule has 0 saturated heterocycles. The highest BCUT2D eigenvalue weighted by atomic mass is 16.7. The highest BCUT2D eigenvalue weighted by molar-refractivity contribution is 6.04. The molecule has 0 spiro atoms. The summed E-state index contributed by atoms with van der Waals surface area (Å²) in [6.07, 6.45) is -0.216. The summed E-state index contributed by atoms with van der Waals surface area (Å²) < 4.78 is 10.5. The first-order valence-electron chi connectivity index (χ1n) is 7.13. The van der Waals surface area contributed by atoms with Gasteiger partial charge in [-0.2, -0.15) is 5.26 Å². The Bertz CT molecular complexity index is 825. The molecule has 0 saturated carbocycles. The summed E-state index contributed by atoms with van der Waals surface area (Å²) in [6.45, 7) is 0.172. The van der Waals surface area contributed by atoms with Crippen molar-refractivity contribution < 1.29 is 19.1 Å². The first-order valence-corrected chi connectivity index (χ1v) is 7.13. The van der Waals surface area contributed by atoms with Crippen LogP contribution in [-0.4, -0.2) is 18.6 Å². The van der Waals surface area contributed by atoms with E-state index in [4.69, 9.17) is 14.7 Å². The van der Waals surface area contributed by atoms with E-state index in [0.717, 1.165) is 0 Å². The second-order valence-corrected chi connectivity index (χ2v) is 4.98. The van der Waals surface area contributed by atoms with Crippen molar-refractivity contribution in [2.75, 3.05) is 17.4 Å². The molecule has 2 amide bonds. The second-order valence-electron chi connectivity index (χ2n) is 4.98. The Hall–Kier alpha value is -3.53. The zero-order valence-electron chi connectivity index (χ0n) is 12.5. The molecule has 7 heteroatoms. The van der Waals surface area contributed by atoms with Crippen LogP contribution in [0.25, 0.3) is 0 Å². The number of hydrogen-bond acceptors (Lipinski definition) is 5. The Morgan fingerprint density at radius 1 is 1.00 bits per heavy atom. The quantitative estimate of drug-likeness (QED) is 0.900. The number of ether oxygens (including phenoxy) is 2. The SMILES string of the molecule is N#CCC(=O)Nc1ccc(C(=O)Nc2ccc3c(c2)OCO3)cc1. The molecule has 0 unspecified atom stereocenters. The van der Waals surface area contributed by atoms with Crippen molar-refractivity contribution in [3.8, 4) is 17.6 Å². The predicted octanol–water partition coefficient (Wildman–Crippen LogP) is 2.52. The lowest BCUT2D eigenvalue weighted by molar-refractivity contribution is -0.115. The molecule has 0 bridgehead atoms. The highest BCUT2D eigenvalue weighted by Crippen LogP contribution is 2.34. The van der Waals surface area contributed by atoms with E-state index in [0.29, 0.717) is 28.4 Å². The Morgan fingerprint density at radius 3 is 2.46 bits per heavy atom. The fraction of sp³-hybridized carbons (Fsp3) is 0.118. The van der Waals surface area contributed by atoms with E-state index in [-0.39, 0.29) is 19.1 Å². The van der Waals surface area contributed by atoms with Crippen LogP contribution in [0.3, 0.4) is 0 Å². The topological polar surface area (TPSA) is 100 Å². The van der Waals surface area contributed by atoms with Gasteiger partial charge in [-0.1, -0.05) is 0 Å². The van der Waals surface area contributed by atoms with Crippen molar-refractivity contribution in [2.45, 2.75) is 6.42 Å². The van der Waals surface area contributed by atoms with Gasteiger partial charge >= 0.3 is 0 Å². The molecule has 1 aliphatic rings. The number of nitrogens with zero attached hydrogens (tertiary/aromatic N) is 1. The molecule has 0 atom stereocenters. The van der Waals surface area contributed by atoms with Crippen LogP contribution in [0, 0.1) is 11.3 Å². The zero-order chi connectivity index (χ0) is 16.9. The molecule has 120 valence electrons. The maximum atomic E-state index is 12.2. The standard InChI is InChI=1S/C17H13N3O4/c18-8-7-16(21)19-12-3-1-11(2-4-12)17(22)20-13-5-6-14-15(9-13)24-10-23-14/h1-6,9H,7,10H2,(H,19,21)(H,20,22). The Balaban J connectivity index is 1.65. The molecule has 3 rings (SSSR count). The predicted molar refractivity (Wildman–Crippen MR) is 85.8 cm³/mol. The minimum Gasteiger partial charge on any atom is -0.454 e. The number of benzene rings is 2. The van der Waals surface area contributed by atoms with E-state index in [1.165, 1.54) is 0 Å². The number of carbonyl (C=O) groups is 2. The third-order valence-corrected chi connectivity index (χ3v) is 3.30. The van der Waals surface area contributed by atoms with E-state index in [1.807, 2.05) is 0 Å². The smallest absolute Gasteiger partial charge is 0.255 e. The van der Waals surface area contributed by atoms with Crippen molar-refractivity contribution in [3.63, 3.8) is 0 Å². The summed E-state index contributed by atoms with van der Waals surface area (Å²) in [5, 5.41) is 13.8. The summed E-state index contributed by atoms with van der Waals surface area (Å²) in [4.78, 5) is 23.6. The number of fused-ring (bicyclic) bond motifs is 1. The molecule has 2 aromatic rings. The molecule has 2 aromatic carbocycles. The molecular weight excluding hydrogens is 310 g/mol. The molecule has 1 aliphatic heterocycles. The van der Waals surface area contributed by atoms with Gasteiger partial charge in [-0.05, 0) is 36.4 Å². The molecule has 0 radical (unpaired) electrons. The fourth-order valence-corrected chi connectivity index (χ4v) is 2.16. The normalized spacial score (nSPS) is 11.5. The minimum atomic E-state index is -0.393. The van der Waals surface area contributed by atoms with Gasteiger partial charge in [-0.25, -0.2) is 0 Å². The van der Waals surface area contributed by atoms with Gasteiger partial charge in [0.25, 0.3) is 5.91 Å². The largest absolute Gasteiger partial charge is 0.454 e. The highest BCUT2D eigenvalue weighted by Gasteiger charge is 2.14. The molecule has 0 aromatic heterocycles. The van der Waals surface area contributed by atoms with Crippen molar-refractivity contribution >= 4 is 23.2 Å². The van der Waals surface area contributed by atoms with Crippen molar-refractivity contribution in [2.24, 2.45) is 0 Å². The van der Waals surface area contributed by atoms with Crippen LogP contribution in [-0.2, 0) is 4.79 Å². The number of amides is 2. The van der Waals surface area contributed by atoms with Gasteiger partial charge in [0.1, 0.15) is 6.42 Å². The summed E-state index contributed by atoms with van der Waals surface area (Å²) >= 11 is 0.